The van der Waals surface area contributed by atoms with Gasteiger partial charge in [0.2, 0.25) is 0 Å². The van der Waals surface area contributed by atoms with E-state index < -0.39 is 9.84 Å². The van der Waals surface area contributed by atoms with Crippen LogP contribution in [0.4, 0.5) is 0 Å². The van der Waals surface area contributed by atoms with Crippen molar-refractivity contribution >= 4 is 9.84 Å². The molecule has 0 N–H and O–H groups in total. The van der Waals surface area contributed by atoms with Gasteiger partial charge in [-0.3, -0.25) is 0 Å². The minimum Gasteiger partial charge on any atom is -0.379 e. The molecule has 0 aliphatic carbocycles. The van der Waals surface area contributed by atoms with Crippen molar-refractivity contribution in [1.29, 1.82) is 0 Å². The highest BCUT2D eigenvalue weighted by molar-refractivity contribution is 7.90. The fourth-order valence-electron chi connectivity index (χ4n) is 2.15. The molecule has 0 radical (unpaired) electrons. The summed E-state index contributed by atoms with van der Waals surface area (Å²) in [5.41, 5.74) is 0.581. The first kappa shape index (κ1) is 16.4. The highest BCUT2D eigenvalue weighted by Crippen LogP contribution is 2.42. The molecular weight excluding hydrogens is 292 g/mol. The molecular formula is C15H22O5S. The molecule has 0 amide bonds. The van der Waals surface area contributed by atoms with Crippen LogP contribution in [0.5, 0.6) is 0 Å². The second kappa shape index (κ2) is 6.44. The first-order chi connectivity index (χ1) is 9.87. The van der Waals surface area contributed by atoms with Gasteiger partial charge in [0.15, 0.2) is 9.84 Å². The molecule has 2 rings (SSSR count). The van der Waals surface area contributed by atoms with Crippen LogP contribution in [-0.2, 0) is 24.0 Å². The fraction of sp³-hybridized carbons (Fsp3) is 0.600. The van der Waals surface area contributed by atoms with Crippen molar-refractivity contribution in [1.82, 2.24) is 0 Å². The lowest BCUT2D eigenvalue weighted by Crippen LogP contribution is -2.23. The lowest BCUT2D eigenvalue weighted by Gasteiger charge is -2.22. The molecule has 2 atom stereocenters. The van der Waals surface area contributed by atoms with Gasteiger partial charge >= 0.3 is 0 Å². The van der Waals surface area contributed by atoms with E-state index in [1.165, 1.54) is 6.26 Å². The van der Waals surface area contributed by atoms with Gasteiger partial charge in [-0.05, 0) is 31.5 Å². The first-order valence-electron chi connectivity index (χ1n) is 7.00. The lowest BCUT2D eigenvalue weighted by molar-refractivity contribution is -0.0280. The second-order valence-corrected chi connectivity index (χ2v) is 7.41. The van der Waals surface area contributed by atoms with Crippen molar-refractivity contribution in [2.24, 2.45) is 0 Å². The maximum absolute atomic E-state index is 11.5. The SMILES string of the molecule is CCOCCO[C@H](c1ccc(S(C)(=O)=O)cc1)C1(C)CO1. The Morgan fingerprint density at radius 3 is 2.38 bits per heavy atom. The summed E-state index contributed by atoms with van der Waals surface area (Å²) in [6.07, 6.45) is 0.982. The molecule has 0 saturated carbocycles. The largest absolute Gasteiger partial charge is 0.379 e. The molecule has 1 saturated heterocycles. The number of sulfone groups is 1. The van der Waals surface area contributed by atoms with Gasteiger partial charge in [0.25, 0.3) is 0 Å². The van der Waals surface area contributed by atoms with E-state index in [9.17, 15) is 8.42 Å². The van der Waals surface area contributed by atoms with Gasteiger partial charge in [-0.2, -0.15) is 0 Å². The summed E-state index contributed by atoms with van der Waals surface area (Å²) >= 11 is 0. The molecule has 1 aliphatic heterocycles. The number of ether oxygens (including phenoxy) is 3. The van der Waals surface area contributed by atoms with Crippen molar-refractivity contribution in [2.75, 3.05) is 32.7 Å². The van der Waals surface area contributed by atoms with Crippen LogP contribution < -0.4 is 0 Å². The van der Waals surface area contributed by atoms with E-state index in [0.29, 0.717) is 31.3 Å². The molecule has 0 bridgehead atoms. The minimum atomic E-state index is -3.18. The number of benzene rings is 1. The molecule has 0 spiro atoms. The van der Waals surface area contributed by atoms with Crippen LogP contribution >= 0.6 is 0 Å². The Morgan fingerprint density at radius 2 is 1.90 bits per heavy atom. The molecule has 6 heteroatoms. The lowest BCUT2D eigenvalue weighted by atomic mass is 9.98. The van der Waals surface area contributed by atoms with E-state index in [4.69, 9.17) is 14.2 Å². The van der Waals surface area contributed by atoms with Crippen molar-refractivity contribution < 1.29 is 22.6 Å². The molecule has 21 heavy (non-hydrogen) atoms. The number of hydrogen-bond acceptors (Lipinski definition) is 5. The van der Waals surface area contributed by atoms with E-state index in [-0.39, 0.29) is 11.7 Å². The zero-order valence-electron chi connectivity index (χ0n) is 12.7. The number of hydrogen-bond donors (Lipinski definition) is 0. The summed E-state index contributed by atoms with van der Waals surface area (Å²) in [4.78, 5) is 0.307. The smallest absolute Gasteiger partial charge is 0.175 e. The molecule has 1 aromatic carbocycles. The monoisotopic (exact) mass is 314 g/mol. The molecule has 1 fully saturated rings. The van der Waals surface area contributed by atoms with E-state index in [1.54, 1.807) is 24.3 Å². The van der Waals surface area contributed by atoms with Gasteiger partial charge in [-0.15, -0.1) is 0 Å². The summed E-state index contributed by atoms with van der Waals surface area (Å²) in [7, 11) is -3.18. The summed E-state index contributed by atoms with van der Waals surface area (Å²) in [6.45, 7) is 6.23. The predicted octanol–water partition coefficient (Wildman–Crippen LogP) is 1.97. The highest BCUT2D eigenvalue weighted by Gasteiger charge is 2.48. The Labute approximate surface area is 126 Å². The number of rotatable bonds is 8. The van der Waals surface area contributed by atoms with Gasteiger partial charge in [-0.25, -0.2) is 8.42 Å². The summed E-state index contributed by atoms with van der Waals surface area (Å²) in [6, 6.07) is 6.79. The Bertz CT molecular complexity index is 560. The van der Waals surface area contributed by atoms with E-state index in [0.717, 1.165) is 5.56 Å². The van der Waals surface area contributed by atoms with E-state index in [2.05, 4.69) is 0 Å². The Kier molecular flexibility index (Phi) is 5.03. The third kappa shape index (κ3) is 4.26. The second-order valence-electron chi connectivity index (χ2n) is 5.39. The fourth-order valence-corrected chi connectivity index (χ4v) is 2.78. The quantitative estimate of drug-likeness (QED) is 0.542. The van der Waals surface area contributed by atoms with Gasteiger partial charge in [0, 0.05) is 12.9 Å². The maximum Gasteiger partial charge on any atom is 0.175 e. The molecule has 118 valence electrons. The Balaban J connectivity index is 2.10. The maximum atomic E-state index is 11.5. The van der Waals surface area contributed by atoms with Gasteiger partial charge < -0.3 is 14.2 Å². The van der Waals surface area contributed by atoms with E-state index >= 15 is 0 Å². The van der Waals surface area contributed by atoms with Crippen LogP contribution in [0.3, 0.4) is 0 Å². The normalized spacial score (nSPS) is 23.0. The zero-order chi connectivity index (χ0) is 15.5. The molecule has 1 aromatic rings. The minimum absolute atomic E-state index is 0.216. The molecule has 1 aliphatic rings. The van der Waals surface area contributed by atoms with Crippen LogP contribution in [0.15, 0.2) is 29.2 Å². The topological polar surface area (TPSA) is 65.1 Å². The van der Waals surface area contributed by atoms with Crippen molar-refractivity contribution in [3.63, 3.8) is 0 Å². The van der Waals surface area contributed by atoms with Crippen molar-refractivity contribution in [3.05, 3.63) is 29.8 Å². The number of epoxide rings is 1. The van der Waals surface area contributed by atoms with E-state index in [1.807, 2.05) is 13.8 Å². The van der Waals surface area contributed by atoms with Crippen LogP contribution in [0.25, 0.3) is 0 Å². The summed E-state index contributed by atoms with van der Waals surface area (Å²) < 4.78 is 39.6. The molecule has 1 heterocycles. The van der Waals surface area contributed by atoms with Crippen molar-refractivity contribution in [2.45, 2.75) is 30.4 Å². The molecule has 0 aromatic heterocycles. The van der Waals surface area contributed by atoms with Crippen LogP contribution in [0.1, 0.15) is 25.5 Å². The zero-order valence-corrected chi connectivity index (χ0v) is 13.5. The van der Waals surface area contributed by atoms with Crippen LogP contribution in [-0.4, -0.2) is 46.7 Å². The van der Waals surface area contributed by atoms with Crippen LogP contribution in [0.2, 0.25) is 0 Å². The average Bonchev–Trinajstić information content (AvgIpc) is 3.17. The summed E-state index contributed by atoms with van der Waals surface area (Å²) in [5.74, 6) is 0. The predicted molar refractivity (Wildman–Crippen MR) is 79.1 cm³/mol. The van der Waals surface area contributed by atoms with Gasteiger partial charge in [0.05, 0.1) is 24.7 Å². The summed E-state index contributed by atoms with van der Waals surface area (Å²) in [5, 5.41) is 0. The third-order valence-corrected chi connectivity index (χ3v) is 4.61. The highest BCUT2D eigenvalue weighted by atomic mass is 32.2. The van der Waals surface area contributed by atoms with Crippen molar-refractivity contribution in [3.8, 4) is 0 Å². The Hall–Kier alpha value is -0.950. The van der Waals surface area contributed by atoms with Gasteiger partial charge in [-0.1, -0.05) is 12.1 Å². The van der Waals surface area contributed by atoms with Gasteiger partial charge in [0.1, 0.15) is 11.7 Å². The van der Waals surface area contributed by atoms with Crippen LogP contribution in [0, 0.1) is 0 Å². The Morgan fingerprint density at radius 1 is 1.29 bits per heavy atom. The first-order valence-corrected chi connectivity index (χ1v) is 8.89. The third-order valence-electron chi connectivity index (χ3n) is 3.48. The molecule has 5 nitrogen and oxygen atoms in total. The molecule has 1 unspecified atom stereocenters. The average molecular weight is 314 g/mol. The standard InChI is InChI=1S/C15H22O5S/c1-4-18-9-10-19-14(15(2)11-20-15)12-5-7-13(8-6-12)21(3,16)17/h5-8,14H,4,9-11H2,1-3H3/t14-,15?/m1/s1.